The third kappa shape index (κ3) is 5.78. The highest BCUT2D eigenvalue weighted by molar-refractivity contribution is 7.91. The first-order valence-corrected chi connectivity index (χ1v) is 13.6. The molecular weight excluding hydrogens is 458 g/mol. The summed E-state index contributed by atoms with van der Waals surface area (Å²) < 4.78 is 32.0. The van der Waals surface area contributed by atoms with E-state index in [1.54, 1.807) is 29.2 Å². The number of para-hydroxylation sites is 1. The smallest absolute Gasteiger partial charge is 0.229 e. The van der Waals surface area contributed by atoms with E-state index < -0.39 is 9.84 Å². The Kier molecular flexibility index (Phi) is 7.43. The maximum atomic E-state index is 13.3. The molecule has 1 saturated heterocycles. The zero-order valence-corrected chi connectivity index (χ0v) is 20.6. The number of anilines is 1. The van der Waals surface area contributed by atoms with E-state index in [1.165, 1.54) is 11.3 Å². The van der Waals surface area contributed by atoms with Crippen LogP contribution in [0.3, 0.4) is 0 Å². The van der Waals surface area contributed by atoms with Crippen LogP contribution in [0.15, 0.2) is 47.4 Å². The van der Waals surface area contributed by atoms with Crippen LogP contribution in [-0.4, -0.2) is 69.4 Å². The molecule has 0 radical (unpaired) electrons. The third-order valence-electron chi connectivity index (χ3n) is 5.85. The van der Waals surface area contributed by atoms with E-state index >= 15 is 0 Å². The van der Waals surface area contributed by atoms with Gasteiger partial charge in [0.2, 0.25) is 5.91 Å². The van der Waals surface area contributed by atoms with Crippen molar-refractivity contribution in [3.63, 3.8) is 0 Å². The lowest BCUT2D eigenvalue weighted by molar-refractivity contribution is -0.118. The van der Waals surface area contributed by atoms with Gasteiger partial charge in [0.25, 0.3) is 0 Å². The van der Waals surface area contributed by atoms with Crippen molar-refractivity contribution in [2.75, 3.05) is 50.0 Å². The second kappa shape index (κ2) is 10.3. The Labute approximate surface area is 198 Å². The molecule has 0 unspecified atom stereocenters. The molecule has 1 aliphatic heterocycles. The summed E-state index contributed by atoms with van der Waals surface area (Å²) in [5, 5.41) is 0.616. The SMILES string of the molecule is Cc1ccc(S(=O)(=O)CCC(=O)N(CCN2CCOCC2)c2nc3c(C)cccc3s2)cc1. The number of hydrogen-bond acceptors (Lipinski definition) is 7. The molecule has 0 N–H and O–H groups in total. The third-order valence-corrected chi connectivity index (χ3v) is 8.63. The molecule has 4 rings (SSSR count). The summed E-state index contributed by atoms with van der Waals surface area (Å²) in [6.07, 6.45) is -0.0891. The summed E-state index contributed by atoms with van der Waals surface area (Å²) in [6.45, 7) is 8.07. The molecule has 1 aliphatic rings. The Balaban J connectivity index is 1.52. The molecule has 33 heavy (non-hydrogen) atoms. The highest BCUT2D eigenvalue weighted by Crippen LogP contribution is 2.31. The number of amides is 1. The number of thiazole rings is 1. The lowest BCUT2D eigenvalue weighted by Gasteiger charge is -2.29. The number of benzene rings is 2. The maximum Gasteiger partial charge on any atom is 0.229 e. The van der Waals surface area contributed by atoms with Crippen molar-refractivity contribution in [2.24, 2.45) is 0 Å². The molecule has 9 heteroatoms. The average Bonchev–Trinajstić information content (AvgIpc) is 3.24. The van der Waals surface area contributed by atoms with Crippen LogP contribution in [0.25, 0.3) is 10.2 Å². The first kappa shape index (κ1) is 23.8. The Hall–Kier alpha value is -2.33. The molecule has 0 bridgehead atoms. The van der Waals surface area contributed by atoms with Crippen molar-refractivity contribution in [1.82, 2.24) is 9.88 Å². The highest BCUT2D eigenvalue weighted by atomic mass is 32.2. The van der Waals surface area contributed by atoms with Crippen molar-refractivity contribution < 1.29 is 17.9 Å². The van der Waals surface area contributed by atoms with Gasteiger partial charge in [-0.25, -0.2) is 13.4 Å². The number of ether oxygens (including phenoxy) is 1. The Morgan fingerprint density at radius 1 is 1.12 bits per heavy atom. The second-order valence-electron chi connectivity index (χ2n) is 8.30. The maximum absolute atomic E-state index is 13.3. The van der Waals surface area contributed by atoms with Crippen molar-refractivity contribution in [2.45, 2.75) is 25.2 Å². The van der Waals surface area contributed by atoms with E-state index in [2.05, 4.69) is 4.90 Å². The predicted octanol–water partition coefficient (Wildman–Crippen LogP) is 3.44. The Morgan fingerprint density at radius 3 is 2.55 bits per heavy atom. The minimum atomic E-state index is -3.55. The molecular formula is C24H29N3O4S2. The zero-order valence-electron chi connectivity index (χ0n) is 19.0. The molecule has 0 spiro atoms. The largest absolute Gasteiger partial charge is 0.379 e. The fourth-order valence-corrected chi connectivity index (χ4v) is 6.12. The Bertz CT molecular complexity index is 1220. The molecule has 1 fully saturated rings. The number of carbonyl (C=O) groups excluding carboxylic acids is 1. The van der Waals surface area contributed by atoms with Gasteiger partial charge in [0.1, 0.15) is 0 Å². The van der Waals surface area contributed by atoms with Crippen molar-refractivity contribution in [1.29, 1.82) is 0 Å². The predicted molar refractivity (Wildman–Crippen MR) is 132 cm³/mol. The summed E-state index contributed by atoms with van der Waals surface area (Å²) in [4.78, 5) is 22.2. The van der Waals surface area contributed by atoms with Crippen LogP contribution in [0, 0.1) is 13.8 Å². The fourth-order valence-electron chi connectivity index (χ4n) is 3.80. The van der Waals surface area contributed by atoms with Crippen LogP contribution in [0.2, 0.25) is 0 Å². The summed E-state index contributed by atoms with van der Waals surface area (Å²) >= 11 is 1.47. The van der Waals surface area contributed by atoms with Gasteiger partial charge in [-0.15, -0.1) is 0 Å². The van der Waals surface area contributed by atoms with Crippen LogP contribution in [-0.2, 0) is 19.4 Å². The van der Waals surface area contributed by atoms with Gasteiger partial charge in [-0.05, 0) is 37.6 Å². The summed E-state index contributed by atoms with van der Waals surface area (Å²) in [6, 6.07) is 12.7. The van der Waals surface area contributed by atoms with Gasteiger partial charge in [0.05, 0.1) is 34.1 Å². The summed E-state index contributed by atoms with van der Waals surface area (Å²) in [5.74, 6) is -0.456. The number of morpholine rings is 1. The fraction of sp³-hybridized carbons (Fsp3) is 0.417. The van der Waals surface area contributed by atoms with Gasteiger partial charge in [0, 0.05) is 32.6 Å². The number of hydrogen-bond donors (Lipinski definition) is 0. The summed E-state index contributed by atoms with van der Waals surface area (Å²) in [5.41, 5.74) is 2.93. The quantitative estimate of drug-likeness (QED) is 0.484. The molecule has 1 aromatic heterocycles. The van der Waals surface area contributed by atoms with Gasteiger partial charge >= 0.3 is 0 Å². The van der Waals surface area contributed by atoms with Crippen LogP contribution >= 0.6 is 11.3 Å². The zero-order chi connectivity index (χ0) is 23.4. The highest BCUT2D eigenvalue weighted by Gasteiger charge is 2.24. The number of nitrogens with zero attached hydrogens (tertiary/aromatic N) is 3. The number of aryl methyl sites for hydroxylation is 2. The van der Waals surface area contributed by atoms with Gasteiger partial charge in [-0.1, -0.05) is 41.2 Å². The second-order valence-corrected chi connectivity index (χ2v) is 11.4. The number of sulfone groups is 1. The molecule has 176 valence electrons. The van der Waals surface area contributed by atoms with E-state index in [-0.39, 0.29) is 23.0 Å². The molecule has 3 aromatic rings. The van der Waals surface area contributed by atoms with Crippen LogP contribution in [0.5, 0.6) is 0 Å². The normalized spacial score (nSPS) is 15.1. The minimum absolute atomic E-state index is 0.0891. The van der Waals surface area contributed by atoms with Crippen LogP contribution in [0.1, 0.15) is 17.5 Å². The monoisotopic (exact) mass is 487 g/mol. The van der Waals surface area contributed by atoms with E-state index in [0.29, 0.717) is 31.4 Å². The van der Waals surface area contributed by atoms with E-state index in [1.807, 2.05) is 32.0 Å². The number of rotatable bonds is 8. The van der Waals surface area contributed by atoms with Crippen molar-refractivity contribution >= 4 is 42.4 Å². The summed E-state index contributed by atoms with van der Waals surface area (Å²) in [7, 11) is -3.55. The van der Waals surface area contributed by atoms with Crippen molar-refractivity contribution in [3.8, 4) is 0 Å². The van der Waals surface area contributed by atoms with Crippen molar-refractivity contribution in [3.05, 3.63) is 53.6 Å². The van der Waals surface area contributed by atoms with Crippen LogP contribution < -0.4 is 4.90 Å². The van der Waals surface area contributed by atoms with Gasteiger partial charge in [-0.2, -0.15) is 0 Å². The molecule has 1 amide bonds. The molecule has 0 aliphatic carbocycles. The molecule has 0 atom stereocenters. The van der Waals surface area contributed by atoms with E-state index in [9.17, 15) is 13.2 Å². The first-order chi connectivity index (χ1) is 15.8. The molecule has 2 aromatic carbocycles. The lowest BCUT2D eigenvalue weighted by atomic mass is 10.2. The minimum Gasteiger partial charge on any atom is -0.379 e. The number of aromatic nitrogens is 1. The van der Waals surface area contributed by atoms with E-state index in [4.69, 9.17) is 9.72 Å². The number of fused-ring (bicyclic) bond motifs is 1. The van der Waals surface area contributed by atoms with Gasteiger partial charge in [-0.3, -0.25) is 14.6 Å². The first-order valence-electron chi connectivity index (χ1n) is 11.1. The average molecular weight is 488 g/mol. The van der Waals surface area contributed by atoms with E-state index in [0.717, 1.165) is 34.4 Å². The van der Waals surface area contributed by atoms with Crippen LogP contribution in [0.4, 0.5) is 5.13 Å². The molecule has 7 nitrogen and oxygen atoms in total. The molecule has 0 saturated carbocycles. The topological polar surface area (TPSA) is 79.8 Å². The molecule has 2 heterocycles. The number of carbonyl (C=O) groups is 1. The standard InChI is InChI=1S/C24H29N3O4S2/c1-18-6-8-20(9-7-18)33(29,30)17-10-22(28)27(12-11-26-13-15-31-16-14-26)24-25-23-19(2)4-3-5-21(23)32-24/h3-9H,10-17H2,1-2H3. The van der Waals surface area contributed by atoms with Gasteiger partial charge in [0.15, 0.2) is 15.0 Å². The lowest BCUT2D eigenvalue weighted by Crippen LogP contribution is -2.43. The van der Waals surface area contributed by atoms with Gasteiger partial charge < -0.3 is 4.74 Å². The Morgan fingerprint density at radius 2 is 1.85 bits per heavy atom.